The lowest BCUT2D eigenvalue weighted by Crippen LogP contribution is -2.55. The van der Waals surface area contributed by atoms with E-state index in [4.69, 9.17) is 4.74 Å². The molecule has 4 fully saturated rings. The molecule has 0 radical (unpaired) electrons. The molecule has 1 unspecified atom stereocenters. The molecule has 3 heterocycles. The van der Waals surface area contributed by atoms with Crippen LogP contribution in [0, 0.1) is 34.7 Å². The van der Waals surface area contributed by atoms with Crippen molar-refractivity contribution < 1.29 is 27.5 Å². The van der Waals surface area contributed by atoms with Gasteiger partial charge >= 0.3 is 0 Å². The molecule has 8 heteroatoms. The van der Waals surface area contributed by atoms with Crippen LogP contribution in [0.15, 0.2) is 12.1 Å². The number of amides is 2. The number of carbonyl (C=O) groups is 2. The van der Waals surface area contributed by atoms with Gasteiger partial charge in [-0.1, -0.05) is 6.92 Å². The first-order chi connectivity index (χ1) is 15.8. The van der Waals surface area contributed by atoms with Crippen LogP contribution in [-0.2, 0) is 20.7 Å². The van der Waals surface area contributed by atoms with Gasteiger partial charge in [0.2, 0.25) is 11.8 Å². The molecule has 4 atom stereocenters. The summed E-state index contributed by atoms with van der Waals surface area (Å²) in [5.41, 5.74) is -0.689. The summed E-state index contributed by atoms with van der Waals surface area (Å²) in [4.78, 5) is 30.6. The van der Waals surface area contributed by atoms with Crippen LogP contribution in [0.25, 0.3) is 0 Å². The van der Waals surface area contributed by atoms with Crippen molar-refractivity contribution in [2.75, 3.05) is 26.3 Å². The number of morpholine rings is 1. The zero-order valence-corrected chi connectivity index (χ0v) is 19.0. The Kier molecular flexibility index (Phi) is 5.91. The number of carbonyl (C=O) groups excluding carboxylic acids is 2. The normalized spacial score (nSPS) is 29.2. The third-order valence-electron chi connectivity index (χ3n) is 8.31. The molecule has 1 aromatic rings. The highest BCUT2D eigenvalue weighted by Crippen LogP contribution is 2.52. The number of nitrogens with zero attached hydrogens (tertiary/aromatic N) is 2. The number of piperidine rings is 1. The minimum Gasteiger partial charge on any atom is -0.378 e. The van der Waals surface area contributed by atoms with Crippen LogP contribution in [0.4, 0.5) is 13.2 Å². The smallest absolute Gasteiger partial charge is 0.238 e. The van der Waals surface area contributed by atoms with Crippen LogP contribution in [0.1, 0.15) is 51.0 Å². The first-order valence-electron chi connectivity index (χ1n) is 12.1. The Morgan fingerprint density at radius 2 is 1.61 bits per heavy atom. The molecule has 1 saturated carbocycles. The van der Waals surface area contributed by atoms with Gasteiger partial charge in [-0.15, -0.1) is 0 Å². The van der Waals surface area contributed by atoms with Crippen molar-refractivity contribution in [3.63, 3.8) is 0 Å². The number of hydrogen-bond acceptors (Lipinski definition) is 3. The molecule has 0 aromatic heterocycles. The van der Waals surface area contributed by atoms with E-state index in [2.05, 4.69) is 0 Å². The quantitative estimate of drug-likeness (QED) is 0.493. The zero-order chi connectivity index (χ0) is 23.3. The Bertz CT molecular complexity index is 931. The van der Waals surface area contributed by atoms with E-state index in [-0.39, 0.29) is 41.3 Å². The summed E-state index contributed by atoms with van der Waals surface area (Å²) in [6.07, 6.45) is 5.01. The Morgan fingerprint density at radius 1 is 1.00 bits per heavy atom. The van der Waals surface area contributed by atoms with E-state index in [1.807, 2.05) is 11.8 Å². The monoisotopic (exact) mass is 464 g/mol. The highest BCUT2D eigenvalue weighted by Gasteiger charge is 2.62. The van der Waals surface area contributed by atoms with Crippen molar-refractivity contribution in [3.8, 4) is 0 Å². The van der Waals surface area contributed by atoms with Gasteiger partial charge in [0.1, 0.15) is 11.2 Å². The molecule has 180 valence electrons. The van der Waals surface area contributed by atoms with Crippen molar-refractivity contribution in [1.29, 1.82) is 0 Å². The average Bonchev–Trinajstić information content (AvgIpc) is 3.57. The van der Waals surface area contributed by atoms with Crippen molar-refractivity contribution >= 4 is 11.8 Å². The fourth-order valence-corrected chi connectivity index (χ4v) is 6.21. The Hall–Kier alpha value is -2.09. The van der Waals surface area contributed by atoms with Crippen LogP contribution in [0.5, 0.6) is 0 Å². The van der Waals surface area contributed by atoms with Gasteiger partial charge in [0.05, 0.1) is 13.2 Å². The van der Waals surface area contributed by atoms with Gasteiger partial charge in [-0.25, -0.2) is 13.2 Å². The summed E-state index contributed by atoms with van der Waals surface area (Å²) >= 11 is 0. The van der Waals surface area contributed by atoms with E-state index < -0.39 is 22.9 Å². The maximum Gasteiger partial charge on any atom is 0.238 e. The number of benzene rings is 1. The summed E-state index contributed by atoms with van der Waals surface area (Å²) in [5.74, 6) is -2.62. The maximum atomic E-state index is 14.2. The standard InChI is InChI=1S/C25H31F3N2O3/c1-15(10-17-13-21(27)22(28)14-20(17)26)16-11-18-2-3-19(12-16)30(18)24(32)25(4-5-25)23(31)29-6-8-33-9-7-29/h13-16,18-19H,2-12H2,1H3/t15-,16?,18-,19+/m1/s1. The number of fused-ring (bicyclic) bond motifs is 2. The molecule has 33 heavy (non-hydrogen) atoms. The van der Waals surface area contributed by atoms with Gasteiger partial charge < -0.3 is 14.5 Å². The molecule has 3 saturated heterocycles. The number of rotatable bonds is 5. The van der Waals surface area contributed by atoms with E-state index in [9.17, 15) is 22.8 Å². The molecule has 4 aliphatic rings. The largest absolute Gasteiger partial charge is 0.378 e. The molecular weight excluding hydrogens is 433 g/mol. The molecule has 1 aromatic carbocycles. The molecule has 5 nitrogen and oxygen atoms in total. The predicted molar refractivity (Wildman–Crippen MR) is 115 cm³/mol. The van der Waals surface area contributed by atoms with Crippen molar-refractivity contribution in [3.05, 3.63) is 35.1 Å². The Balaban J connectivity index is 1.25. The molecule has 1 aliphatic carbocycles. The van der Waals surface area contributed by atoms with Gasteiger partial charge in [-0.3, -0.25) is 9.59 Å². The highest BCUT2D eigenvalue weighted by molar-refractivity contribution is 6.08. The van der Waals surface area contributed by atoms with Crippen molar-refractivity contribution in [2.45, 2.75) is 64.0 Å². The molecule has 2 amide bonds. The summed E-state index contributed by atoms with van der Waals surface area (Å²) in [7, 11) is 0. The highest BCUT2D eigenvalue weighted by atomic mass is 19.2. The topological polar surface area (TPSA) is 49.9 Å². The first-order valence-corrected chi connectivity index (χ1v) is 12.1. The fraction of sp³-hybridized carbons (Fsp3) is 0.680. The van der Waals surface area contributed by atoms with Crippen molar-refractivity contribution in [2.24, 2.45) is 17.3 Å². The van der Waals surface area contributed by atoms with Crippen molar-refractivity contribution in [1.82, 2.24) is 9.80 Å². The molecular formula is C25H31F3N2O3. The van der Waals surface area contributed by atoms with Crippen LogP contribution in [0.3, 0.4) is 0 Å². The molecule has 0 N–H and O–H groups in total. The molecule has 3 aliphatic heterocycles. The van der Waals surface area contributed by atoms with E-state index in [1.165, 1.54) is 0 Å². The van der Waals surface area contributed by atoms with Gasteiger partial charge in [0.15, 0.2) is 11.6 Å². The van der Waals surface area contributed by atoms with Gasteiger partial charge in [-0.05, 0) is 68.4 Å². The zero-order valence-electron chi connectivity index (χ0n) is 19.0. The predicted octanol–water partition coefficient (Wildman–Crippen LogP) is 3.69. The molecule has 2 bridgehead atoms. The summed E-state index contributed by atoms with van der Waals surface area (Å²) in [6.45, 7) is 4.14. The lowest BCUT2D eigenvalue weighted by molar-refractivity contribution is -0.155. The summed E-state index contributed by atoms with van der Waals surface area (Å²) in [5, 5.41) is 0. The lowest BCUT2D eigenvalue weighted by atomic mass is 9.78. The van der Waals surface area contributed by atoms with Gasteiger partial charge in [0, 0.05) is 31.2 Å². The average molecular weight is 465 g/mol. The van der Waals surface area contributed by atoms with Gasteiger partial charge in [0.25, 0.3) is 0 Å². The summed E-state index contributed by atoms with van der Waals surface area (Å²) in [6, 6.07) is 1.76. The number of halogens is 3. The fourth-order valence-electron chi connectivity index (χ4n) is 6.21. The van der Waals surface area contributed by atoms with E-state index in [0.29, 0.717) is 51.6 Å². The number of hydrogen-bond donors (Lipinski definition) is 0. The maximum absolute atomic E-state index is 14.2. The number of ether oxygens (including phenoxy) is 1. The van der Waals surface area contributed by atoms with Crippen LogP contribution >= 0.6 is 0 Å². The second kappa shape index (κ2) is 8.60. The Labute approximate surface area is 192 Å². The third kappa shape index (κ3) is 4.04. The third-order valence-corrected chi connectivity index (χ3v) is 8.31. The van der Waals surface area contributed by atoms with Crippen LogP contribution in [0.2, 0.25) is 0 Å². The van der Waals surface area contributed by atoms with E-state index >= 15 is 0 Å². The Morgan fingerprint density at radius 3 is 2.21 bits per heavy atom. The molecule has 5 rings (SSSR count). The lowest BCUT2D eigenvalue weighted by Gasteiger charge is -2.43. The van der Waals surface area contributed by atoms with E-state index in [1.54, 1.807) is 4.90 Å². The second-order valence-corrected chi connectivity index (χ2v) is 10.4. The molecule has 0 spiro atoms. The minimum absolute atomic E-state index is 0.00996. The van der Waals surface area contributed by atoms with Gasteiger partial charge in [-0.2, -0.15) is 0 Å². The van der Waals surface area contributed by atoms with Crippen LogP contribution in [-0.4, -0.2) is 60.0 Å². The first kappa shape index (κ1) is 22.7. The minimum atomic E-state index is -1.17. The summed E-state index contributed by atoms with van der Waals surface area (Å²) < 4.78 is 46.4. The van der Waals surface area contributed by atoms with E-state index in [0.717, 1.165) is 31.7 Å². The second-order valence-electron chi connectivity index (χ2n) is 10.4. The van der Waals surface area contributed by atoms with Crippen LogP contribution < -0.4 is 0 Å². The SMILES string of the molecule is C[C@H](Cc1cc(F)c(F)cc1F)C1C[C@H]2CC[C@@H](C1)N2C(=O)C1(C(=O)N2CCOCC2)CC1.